The van der Waals surface area contributed by atoms with Crippen molar-refractivity contribution in [1.82, 2.24) is 19.4 Å². The molecule has 1 atom stereocenters. The first-order valence-electron chi connectivity index (χ1n) is 8.76. The van der Waals surface area contributed by atoms with Gasteiger partial charge in [-0.05, 0) is 19.1 Å². The number of fused-ring (bicyclic) bond motifs is 1. The van der Waals surface area contributed by atoms with Gasteiger partial charge >= 0.3 is 0 Å². The summed E-state index contributed by atoms with van der Waals surface area (Å²) in [6, 6.07) is 4.35. The van der Waals surface area contributed by atoms with E-state index in [0.717, 1.165) is 31.0 Å². The first-order valence-corrected chi connectivity index (χ1v) is 9.58. The Morgan fingerprint density at radius 1 is 1.36 bits per heavy atom. The quantitative estimate of drug-likeness (QED) is 0.837. The topological polar surface area (TPSA) is 50.6 Å². The molecule has 0 spiro atoms. The van der Waals surface area contributed by atoms with Gasteiger partial charge in [0.2, 0.25) is 5.91 Å². The molecule has 6 nitrogen and oxygen atoms in total. The molecule has 1 amide bonds. The summed E-state index contributed by atoms with van der Waals surface area (Å²) in [5.74, 6) is 0.0654. The van der Waals surface area contributed by atoms with Gasteiger partial charge in [-0.15, -0.1) is 11.3 Å². The van der Waals surface area contributed by atoms with Crippen molar-refractivity contribution in [2.75, 3.05) is 32.8 Å². The average Bonchev–Trinajstić information content (AvgIpc) is 3.20. The first kappa shape index (κ1) is 16.8. The van der Waals surface area contributed by atoms with Crippen LogP contribution < -0.4 is 0 Å². The van der Waals surface area contributed by atoms with Crippen molar-refractivity contribution in [2.45, 2.75) is 25.9 Å². The van der Waals surface area contributed by atoms with Gasteiger partial charge in [0, 0.05) is 49.5 Å². The number of aryl methyl sites for hydroxylation is 2. The zero-order chi connectivity index (χ0) is 17.4. The van der Waals surface area contributed by atoms with Gasteiger partial charge in [0.1, 0.15) is 0 Å². The van der Waals surface area contributed by atoms with Crippen molar-refractivity contribution >= 4 is 17.2 Å². The number of carbonyl (C=O) groups excluding carboxylic acids is 1. The first-order chi connectivity index (χ1) is 12.1. The van der Waals surface area contributed by atoms with Crippen LogP contribution in [0.5, 0.6) is 0 Å². The second-order valence-electron chi connectivity index (χ2n) is 6.86. The fourth-order valence-corrected chi connectivity index (χ4v) is 4.72. The lowest BCUT2D eigenvalue weighted by molar-refractivity contribution is -0.138. The van der Waals surface area contributed by atoms with Gasteiger partial charge in [0.05, 0.1) is 36.8 Å². The normalized spacial score (nSPS) is 21.4. The lowest BCUT2D eigenvalue weighted by atomic mass is 9.96. The minimum atomic E-state index is -0.143. The molecule has 0 aromatic carbocycles. The number of thiophene rings is 1. The number of morpholine rings is 1. The van der Waals surface area contributed by atoms with E-state index in [-0.39, 0.29) is 11.8 Å². The van der Waals surface area contributed by atoms with Crippen LogP contribution in [0.25, 0.3) is 0 Å². The second kappa shape index (κ2) is 6.90. The number of ether oxygens (including phenoxy) is 1. The third kappa shape index (κ3) is 3.36. The molecule has 0 radical (unpaired) electrons. The largest absolute Gasteiger partial charge is 0.378 e. The Kier molecular flexibility index (Phi) is 4.62. The third-order valence-corrected chi connectivity index (χ3v) is 5.99. The van der Waals surface area contributed by atoms with Crippen LogP contribution in [0.2, 0.25) is 0 Å². The monoisotopic (exact) mass is 360 g/mol. The number of aromatic nitrogens is 2. The molecule has 1 saturated heterocycles. The van der Waals surface area contributed by atoms with Crippen molar-refractivity contribution in [3.05, 3.63) is 39.6 Å². The molecule has 4 heterocycles. The van der Waals surface area contributed by atoms with E-state index in [2.05, 4.69) is 28.9 Å². The number of nitrogens with zero attached hydrogens (tertiary/aromatic N) is 4. The fourth-order valence-electron chi connectivity index (χ4n) is 3.79. The van der Waals surface area contributed by atoms with E-state index in [0.29, 0.717) is 26.3 Å². The van der Waals surface area contributed by atoms with Crippen molar-refractivity contribution in [3.63, 3.8) is 0 Å². The van der Waals surface area contributed by atoms with Crippen LogP contribution in [0.1, 0.15) is 27.1 Å². The van der Waals surface area contributed by atoms with Crippen molar-refractivity contribution in [2.24, 2.45) is 7.05 Å². The van der Waals surface area contributed by atoms with Crippen LogP contribution in [-0.4, -0.2) is 58.1 Å². The zero-order valence-corrected chi connectivity index (χ0v) is 15.6. The van der Waals surface area contributed by atoms with E-state index in [1.807, 2.05) is 34.2 Å². The molecule has 4 rings (SSSR count). The minimum absolute atomic E-state index is 0.143. The van der Waals surface area contributed by atoms with Crippen LogP contribution >= 0.6 is 11.3 Å². The molecule has 0 N–H and O–H groups in total. The summed E-state index contributed by atoms with van der Waals surface area (Å²) >= 11 is 1.83. The van der Waals surface area contributed by atoms with Gasteiger partial charge in [-0.1, -0.05) is 0 Å². The standard InChI is InChI=1S/C18H24N4O2S/c1-13-3-4-14(25-13)9-21-10-15(17-16(11-21)19-12-20(17)2)18(23)22-5-7-24-8-6-22/h3-4,12,15H,5-11H2,1-2H3. The van der Waals surface area contributed by atoms with Crippen LogP contribution in [-0.2, 0) is 29.7 Å². The molecule has 25 heavy (non-hydrogen) atoms. The van der Waals surface area contributed by atoms with Crippen molar-refractivity contribution in [1.29, 1.82) is 0 Å². The predicted molar refractivity (Wildman–Crippen MR) is 96.5 cm³/mol. The number of hydrogen-bond donors (Lipinski definition) is 0. The molecular weight excluding hydrogens is 336 g/mol. The number of imidazole rings is 1. The average molecular weight is 360 g/mol. The number of hydrogen-bond acceptors (Lipinski definition) is 5. The Morgan fingerprint density at radius 3 is 2.88 bits per heavy atom. The molecule has 2 aromatic rings. The van der Waals surface area contributed by atoms with E-state index >= 15 is 0 Å². The smallest absolute Gasteiger partial charge is 0.233 e. The highest BCUT2D eigenvalue weighted by molar-refractivity contribution is 7.11. The van der Waals surface area contributed by atoms with Gasteiger partial charge in [0.15, 0.2) is 0 Å². The lowest BCUT2D eigenvalue weighted by Gasteiger charge is -2.36. The molecule has 2 aromatic heterocycles. The molecule has 2 aliphatic rings. The van der Waals surface area contributed by atoms with Crippen molar-refractivity contribution < 1.29 is 9.53 Å². The summed E-state index contributed by atoms with van der Waals surface area (Å²) in [5.41, 5.74) is 2.11. The SMILES string of the molecule is Cc1ccc(CN2Cc3ncn(C)c3C(C(=O)N3CCOCC3)C2)s1. The Balaban J connectivity index is 1.57. The molecule has 134 valence electrons. The van der Waals surface area contributed by atoms with Crippen LogP contribution in [0.3, 0.4) is 0 Å². The molecule has 0 saturated carbocycles. The summed E-state index contributed by atoms with van der Waals surface area (Å²) in [6.07, 6.45) is 1.84. The Morgan fingerprint density at radius 2 is 2.16 bits per heavy atom. The summed E-state index contributed by atoms with van der Waals surface area (Å²) in [4.78, 5) is 24.7. The van der Waals surface area contributed by atoms with Gasteiger partial charge in [-0.25, -0.2) is 4.98 Å². The minimum Gasteiger partial charge on any atom is -0.378 e. The maximum atomic E-state index is 13.2. The molecule has 7 heteroatoms. The molecule has 0 aliphatic carbocycles. The van der Waals surface area contributed by atoms with Gasteiger partial charge < -0.3 is 14.2 Å². The summed E-state index contributed by atoms with van der Waals surface area (Å²) < 4.78 is 7.42. The fraction of sp³-hybridized carbons (Fsp3) is 0.556. The number of carbonyl (C=O) groups is 1. The third-order valence-electron chi connectivity index (χ3n) is 5.00. The highest BCUT2D eigenvalue weighted by Gasteiger charge is 2.36. The lowest BCUT2D eigenvalue weighted by Crippen LogP contribution is -2.47. The Bertz CT molecular complexity index is 763. The van der Waals surface area contributed by atoms with E-state index < -0.39 is 0 Å². The Hall–Kier alpha value is -1.70. The molecule has 1 fully saturated rings. The summed E-state index contributed by atoms with van der Waals surface area (Å²) in [6.45, 7) is 7.20. The molecule has 1 unspecified atom stereocenters. The number of amides is 1. The van der Waals surface area contributed by atoms with Gasteiger partial charge in [-0.3, -0.25) is 9.69 Å². The highest BCUT2D eigenvalue weighted by Crippen LogP contribution is 2.31. The molecular formula is C18H24N4O2S. The maximum Gasteiger partial charge on any atom is 0.233 e. The van der Waals surface area contributed by atoms with Crippen LogP contribution in [0.4, 0.5) is 0 Å². The second-order valence-corrected chi connectivity index (χ2v) is 8.23. The highest BCUT2D eigenvalue weighted by atomic mass is 32.1. The Labute approximate surface area is 152 Å². The van der Waals surface area contributed by atoms with Gasteiger partial charge in [-0.2, -0.15) is 0 Å². The van der Waals surface area contributed by atoms with Gasteiger partial charge in [0.25, 0.3) is 0 Å². The summed E-state index contributed by atoms with van der Waals surface area (Å²) in [7, 11) is 1.99. The molecule has 0 bridgehead atoms. The van der Waals surface area contributed by atoms with Crippen LogP contribution in [0, 0.1) is 6.92 Å². The predicted octanol–water partition coefficient (Wildman–Crippen LogP) is 1.75. The van der Waals surface area contributed by atoms with Crippen LogP contribution in [0.15, 0.2) is 18.5 Å². The van der Waals surface area contributed by atoms with E-state index in [1.165, 1.54) is 9.75 Å². The van der Waals surface area contributed by atoms with E-state index in [4.69, 9.17) is 4.74 Å². The van der Waals surface area contributed by atoms with E-state index in [1.54, 1.807) is 0 Å². The number of rotatable bonds is 3. The maximum absolute atomic E-state index is 13.2. The van der Waals surface area contributed by atoms with E-state index in [9.17, 15) is 4.79 Å². The zero-order valence-electron chi connectivity index (χ0n) is 14.8. The molecule has 2 aliphatic heterocycles. The summed E-state index contributed by atoms with van der Waals surface area (Å²) in [5, 5.41) is 0. The van der Waals surface area contributed by atoms with Crippen molar-refractivity contribution in [3.8, 4) is 0 Å².